The maximum absolute atomic E-state index is 10.7. The van der Waals surface area contributed by atoms with Crippen LogP contribution in [0.5, 0.6) is 0 Å². The minimum absolute atomic E-state index is 0.218. The number of ether oxygens (including phenoxy) is 1. The zero-order valence-corrected chi connectivity index (χ0v) is 6.26. The summed E-state index contributed by atoms with van der Waals surface area (Å²) in [7, 11) is 1.39. The van der Waals surface area contributed by atoms with Crippen LogP contribution in [0.4, 0.5) is 0 Å². The molecule has 1 unspecified atom stereocenters. The molecular formula is C7H11NO2. The summed E-state index contributed by atoms with van der Waals surface area (Å²) in [5, 5.41) is 0. The SMILES string of the molecule is CCCC1=NC1C(=O)OC. The molecule has 3 nitrogen and oxygen atoms in total. The van der Waals surface area contributed by atoms with Crippen LogP contribution in [0.2, 0.25) is 0 Å². The molecule has 0 radical (unpaired) electrons. The average Bonchev–Trinajstić information content (AvgIpc) is 2.67. The van der Waals surface area contributed by atoms with Gasteiger partial charge in [0.05, 0.1) is 7.11 Å². The quantitative estimate of drug-likeness (QED) is 0.545. The van der Waals surface area contributed by atoms with Gasteiger partial charge in [-0.3, -0.25) is 4.99 Å². The Morgan fingerprint density at radius 1 is 1.80 bits per heavy atom. The lowest BCUT2D eigenvalue weighted by molar-refractivity contribution is -0.139. The Kier molecular flexibility index (Phi) is 2.04. The van der Waals surface area contributed by atoms with Crippen molar-refractivity contribution in [2.75, 3.05) is 7.11 Å². The zero-order valence-electron chi connectivity index (χ0n) is 6.26. The maximum Gasteiger partial charge on any atom is 0.336 e. The van der Waals surface area contributed by atoms with E-state index >= 15 is 0 Å². The molecule has 3 heteroatoms. The number of carbonyl (C=O) groups excluding carboxylic acids is 1. The standard InChI is InChI=1S/C7H11NO2/c1-3-4-5-6(8-5)7(9)10-2/h6H,3-4H2,1-2H3. The van der Waals surface area contributed by atoms with E-state index in [9.17, 15) is 4.79 Å². The third-order valence-electron chi connectivity index (χ3n) is 1.47. The number of esters is 1. The number of nitrogens with zero attached hydrogens (tertiary/aromatic N) is 1. The third-order valence-corrected chi connectivity index (χ3v) is 1.47. The normalized spacial score (nSPS) is 21.8. The topological polar surface area (TPSA) is 38.7 Å². The predicted octanol–water partition coefficient (Wildman–Crippen LogP) is 0.783. The average molecular weight is 141 g/mol. The van der Waals surface area contributed by atoms with Gasteiger partial charge in [0, 0.05) is 5.71 Å². The van der Waals surface area contributed by atoms with E-state index in [0.29, 0.717) is 0 Å². The van der Waals surface area contributed by atoms with Crippen molar-refractivity contribution in [2.45, 2.75) is 25.8 Å². The lowest BCUT2D eigenvalue weighted by Crippen LogP contribution is -2.13. The van der Waals surface area contributed by atoms with Crippen molar-refractivity contribution in [3.8, 4) is 0 Å². The van der Waals surface area contributed by atoms with E-state index in [1.54, 1.807) is 0 Å². The van der Waals surface area contributed by atoms with Gasteiger partial charge in [-0.2, -0.15) is 0 Å². The number of hydrogen-bond donors (Lipinski definition) is 0. The van der Waals surface area contributed by atoms with Crippen LogP contribution in [0, 0.1) is 0 Å². The Hall–Kier alpha value is -0.860. The highest BCUT2D eigenvalue weighted by atomic mass is 16.5. The summed E-state index contributed by atoms with van der Waals surface area (Å²) < 4.78 is 4.50. The van der Waals surface area contributed by atoms with Crippen molar-refractivity contribution in [1.29, 1.82) is 0 Å². The van der Waals surface area contributed by atoms with Crippen LogP contribution in [-0.4, -0.2) is 24.8 Å². The number of aliphatic imine (C=N–C) groups is 1. The van der Waals surface area contributed by atoms with E-state index < -0.39 is 0 Å². The first kappa shape index (κ1) is 7.25. The Balaban J connectivity index is 2.22. The minimum atomic E-state index is -0.219. The second kappa shape index (κ2) is 2.82. The number of rotatable bonds is 3. The van der Waals surface area contributed by atoms with Crippen LogP contribution in [0.25, 0.3) is 0 Å². The molecule has 56 valence electrons. The molecule has 0 saturated heterocycles. The van der Waals surface area contributed by atoms with Gasteiger partial charge < -0.3 is 4.74 Å². The summed E-state index contributed by atoms with van der Waals surface area (Å²) in [5.41, 5.74) is 0.995. The number of carbonyl (C=O) groups is 1. The first-order chi connectivity index (χ1) is 4.79. The summed E-state index contributed by atoms with van der Waals surface area (Å²) in [6, 6.07) is -0.218. The van der Waals surface area contributed by atoms with Gasteiger partial charge in [0.1, 0.15) is 0 Å². The van der Waals surface area contributed by atoms with Crippen LogP contribution in [0.15, 0.2) is 4.99 Å². The fraction of sp³-hybridized carbons (Fsp3) is 0.714. The largest absolute Gasteiger partial charge is 0.467 e. The van der Waals surface area contributed by atoms with Gasteiger partial charge in [-0.25, -0.2) is 4.79 Å². The highest BCUT2D eigenvalue weighted by molar-refractivity contribution is 6.16. The molecule has 1 aliphatic rings. The first-order valence-corrected chi connectivity index (χ1v) is 3.44. The van der Waals surface area contributed by atoms with Gasteiger partial charge >= 0.3 is 5.97 Å². The molecule has 0 bridgehead atoms. The molecule has 0 aliphatic carbocycles. The summed E-state index contributed by atoms with van der Waals surface area (Å²) in [6.07, 6.45) is 1.98. The van der Waals surface area contributed by atoms with Gasteiger partial charge in [-0.05, 0) is 6.42 Å². The van der Waals surface area contributed by atoms with Crippen LogP contribution in [0.1, 0.15) is 19.8 Å². The minimum Gasteiger partial charge on any atom is -0.467 e. The Bertz CT molecular complexity index is 174. The van der Waals surface area contributed by atoms with Gasteiger partial charge in [0.15, 0.2) is 6.04 Å². The van der Waals surface area contributed by atoms with E-state index in [1.807, 2.05) is 0 Å². The summed E-state index contributed by atoms with van der Waals surface area (Å²) in [5.74, 6) is -0.219. The van der Waals surface area contributed by atoms with Gasteiger partial charge in [-0.15, -0.1) is 0 Å². The van der Waals surface area contributed by atoms with Crippen LogP contribution < -0.4 is 0 Å². The number of methoxy groups -OCH3 is 1. The molecule has 0 saturated carbocycles. The molecule has 1 rings (SSSR count). The lowest BCUT2D eigenvalue weighted by atomic mass is 10.2. The fourth-order valence-electron chi connectivity index (χ4n) is 0.886. The molecular weight excluding hydrogens is 130 g/mol. The monoisotopic (exact) mass is 141 g/mol. The molecule has 10 heavy (non-hydrogen) atoms. The Labute approximate surface area is 60.1 Å². The van der Waals surface area contributed by atoms with Crippen LogP contribution >= 0.6 is 0 Å². The molecule has 0 aromatic rings. The zero-order chi connectivity index (χ0) is 7.56. The molecule has 0 fully saturated rings. The highest BCUT2D eigenvalue weighted by Crippen LogP contribution is 2.17. The van der Waals surface area contributed by atoms with E-state index in [-0.39, 0.29) is 12.0 Å². The molecule has 0 aromatic carbocycles. The number of hydrogen-bond acceptors (Lipinski definition) is 3. The fourth-order valence-corrected chi connectivity index (χ4v) is 0.886. The molecule has 1 atom stereocenters. The highest BCUT2D eigenvalue weighted by Gasteiger charge is 2.34. The second-order valence-electron chi connectivity index (χ2n) is 2.30. The molecule has 0 aromatic heterocycles. The summed E-state index contributed by atoms with van der Waals surface area (Å²) in [4.78, 5) is 14.7. The Morgan fingerprint density at radius 2 is 2.50 bits per heavy atom. The molecule has 0 amide bonds. The smallest absolute Gasteiger partial charge is 0.336 e. The summed E-state index contributed by atoms with van der Waals surface area (Å²) >= 11 is 0. The molecule has 0 spiro atoms. The van der Waals surface area contributed by atoms with Crippen molar-refractivity contribution in [1.82, 2.24) is 0 Å². The van der Waals surface area contributed by atoms with Gasteiger partial charge in [0.25, 0.3) is 0 Å². The van der Waals surface area contributed by atoms with Gasteiger partial charge in [-0.1, -0.05) is 13.3 Å². The van der Waals surface area contributed by atoms with Crippen molar-refractivity contribution in [2.24, 2.45) is 4.99 Å². The molecule has 1 aliphatic heterocycles. The Morgan fingerprint density at radius 3 is 3.00 bits per heavy atom. The van der Waals surface area contributed by atoms with Crippen LogP contribution in [-0.2, 0) is 9.53 Å². The van der Waals surface area contributed by atoms with Crippen molar-refractivity contribution >= 4 is 11.7 Å². The van der Waals surface area contributed by atoms with Crippen molar-refractivity contribution in [3.05, 3.63) is 0 Å². The maximum atomic E-state index is 10.7. The third kappa shape index (κ3) is 1.35. The van der Waals surface area contributed by atoms with Crippen molar-refractivity contribution < 1.29 is 9.53 Å². The van der Waals surface area contributed by atoms with E-state index in [1.165, 1.54) is 7.11 Å². The first-order valence-electron chi connectivity index (χ1n) is 3.44. The van der Waals surface area contributed by atoms with E-state index in [0.717, 1.165) is 18.6 Å². The second-order valence-corrected chi connectivity index (χ2v) is 2.30. The summed E-state index contributed by atoms with van der Waals surface area (Å²) in [6.45, 7) is 2.06. The van der Waals surface area contributed by atoms with E-state index in [2.05, 4.69) is 16.7 Å². The van der Waals surface area contributed by atoms with Gasteiger partial charge in [0.2, 0.25) is 0 Å². The van der Waals surface area contributed by atoms with Crippen LogP contribution in [0.3, 0.4) is 0 Å². The lowest BCUT2D eigenvalue weighted by Gasteiger charge is -1.92. The van der Waals surface area contributed by atoms with E-state index in [4.69, 9.17) is 0 Å². The molecule has 1 heterocycles. The predicted molar refractivity (Wildman–Crippen MR) is 38.1 cm³/mol. The van der Waals surface area contributed by atoms with Crippen molar-refractivity contribution in [3.63, 3.8) is 0 Å². The molecule has 0 N–H and O–H groups in total.